The number of carbonyl (C=O) groups excluding carboxylic acids is 2. The second-order valence-electron chi connectivity index (χ2n) is 7.98. The molecule has 28 heavy (non-hydrogen) atoms. The molecule has 0 N–H and O–H groups in total. The number of nitrogens with zero attached hydrogens (tertiary/aromatic N) is 1. The van der Waals surface area contributed by atoms with Gasteiger partial charge in [0, 0.05) is 16.5 Å². The molecule has 4 heteroatoms. The van der Waals surface area contributed by atoms with Crippen molar-refractivity contribution in [1.29, 1.82) is 0 Å². The molecule has 2 heterocycles. The van der Waals surface area contributed by atoms with Crippen LogP contribution in [0.25, 0.3) is 10.9 Å². The summed E-state index contributed by atoms with van der Waals surface area (Å²) < 4.78 is 6.74. The average molecular weight is 375 g/mol. The van der Waals surface area contributed by atoms with Crippen molar-refractivity contribution in [3.05, 3.63) is 70.9 Å². The molecule has 0 saturated heterocycles. The fraction of sp³-hybridized carbons (Fsp3) is 0.333. The molecule has 1 aromatic heterocycles. The summed E-state index contributed by atoms with van der Waals surface area (Å²) in [6.07, 6.45) is 1.16. The average Bonchev–Trinajstić information content (AvgIpc) is 2.94. The number of esters is 1. The molecular weight excluding hydrogens is 350 g/mol. The number of hydrogen-bond acceptors (Lipinski definition) is 3. The van der Waals surface area contributed by atoms with Crippen LogP contribution in [-0.2, 0) is 14.9 Å². The molecule has 0 unspecified atom stereocenters. The first-order valence-corrected chi connectivity index (χ1v) is 9.68. The third-order valence-electron chi connectivity index (χ3n) is 6.28. The standard InChI is InChI=1S/C24H25NO3/c1-15-9-11-17(12-10-15)24(3)14-13-19(23(27)28-4)22(26)25-20-8-6-5-7-18(20)16(2)21(24)25/h5-12,19H,13-14H2,1-4H3/t19-,24-/m0/s1. The summed E-state index contributed by atoms with van der Waals surface area (Å²) in [4.78, 5) is 25.9. The lowest BCUT2D eigenvalue weighted by molar-refractivity contribution is -0.144. The fourth-order valence-corrected chi connectivity index (χ4v) is 4.69. The first-order valence-electron chi connectivity index (χ1n) is 9.68. The predicted molar refractivity (Wildman–Crippen MR) is 110 cm³/mol. The van der Waals surface area contributed by atoms with Gasteiger partial charge in [-0.25, -0.2) is 0 Å². The van der Waals surface area contributed by atoms with Crippen LogP contribution in [0.5, 0.6) is 0 Å². The monoisotopic (exact) mass is 375 g/mol. The lowest BCUT2D eigenvalue weighted by atomic mass is 9.74. The minimum atomic E-state index is -0.786. The van der Waals surface area contributed by atoms with E-state index in [0.29, 0.717) is 12.8 Å². The van der Waals surface area contributed by atoms with E-state index in [1.807, 2.05) is 24.3 Å². The highest BCUT2D eigenvalue weighted by Gasteiger charge is 2.43. The second-order valence-corrected chi connectivity index (χ2v) is 7.98. The fourth-order valence-electron chi connectivity index (χ4n) is 4.69. The van der Waals surface area contributed by atoms with Crippen LogP contribution >= 0.6 is 0 Å². The zero-order valence-electron chi connectivity index (χ0n) is 16.8. The molecule has 4 rings (SSSR count). The number of aromatic nitrogens is 1. The largest absolute Gasteiger partial charge is 0.468 e. The molecule has 2 aromatic carbocycles. The van der Waals surface area contributed by atoms with Crippen molar-refractivity contribution < 1.29 is 14.3 Å². The molecule has 4 nitrogen and oxygen atoms in total. The van der Waals surface area contributed by atoms with E-state index < -0.39 is 11.9 Å². The van der Waals surface area contributed by atoms with Gasteiger partial charge in [0.05, 0.1) is 12.6 Å². The highest BCUT2D eigenvalue weighted by molar-refractivity contribution is 6.05. The third-order valence-corrected chi connectivity index (χ3v) is 6.28. The molecule has 0 amide bonds. The number of benzene rings is 2. The molecule has 0 fully saturated rings. The van der Waals surface area contributed by atoms with Gasteiger partial charge in [-0.3, -0.25) is 14.2 Å². The minimum Gasteiger partial charge on any atom is -0.468 e. The maximum atomic E-state index is 13.5. The van der Waals surface area contributed by atoms with Crippen molar-refractivity contribution >= 4 is 22.8 Å². The van der Waals surface area contributed by atoms with Gasteiger partial charge < -0.3 is 4.74 Å². The van der Waals surface area contributed by atoms with Gasteiger partial charge in [-0.1, -0.05) is 48.0 Å². The normalized spacial score (nSPS) is 22.0. The van der Waals surface area contributed by atoms with E-state index >= 15 is 0 Å². The van der Waals surface area contributed by atoms with Crippen LogP contribution < -0.4 is 0 Å². The summed E-state index contributed by atoms with van der Waals surface area (Å²) in [5, 5.41) is 1.05. The number of aryl methyl sites for hydroxylation is 2. The van der Waals surface area contributed by atoms with E-state index in [1.165, 1.54) is 12.7 Å². The molecule has 1 aliphatic heterocycles. The lowest BCUT2D eigenvalue weighted by Gasteiger charge is -2.31. The van der Waals surface area contributed by atoms with Crippen molar-refractivity contribution in [2.45, 2.75) is 39.0 Å². The Morgan fingerprint density at radius 3 is 2.46 bits per heavy atom. The Bertz CT molecular complexity index is 1080. The van der Waals surface area contributed by atoms with E-state index in [9.17, 15) is 9.59 Å². The Hall–Kier alpha value is -2.88. The molecule has 144 valence electrons. The summed E-state index contributed by atoms with van der Waals surface area (Å²) in [5.41, 5.74) is 4.90. The maximum absolute atomic E-state index is 13.5. The zero-order chi connectivity index (χ0) is 20.1. The van der Waals surface area contributed by atoms with Crippen molar-refractivity contribution in [1.82, 2.24) is 4.57 Å². The quantitative estimate of drug-likeness (QED) is 0.478. The Morgan fingerprint density at radius 2 is 1.79 bits per heavy atom. The highest BCUT2D eigenvalue weighted by Crippen LogP contribution is 2.45. The van der Waals surface area contributed by atoms with Crippen LogP contribution in [0.1, 0.15) is 46.9 Å². The Labute approximate surface area is 165 Å². The van der Waals surface area contributed by atoms with Crippen molar-refractivity contribution in [3.63, 3.8) is 0 Å². The number of methoxy groups -OCH3 is 1. The highest BCUT2D eigenvalue weighted by atomic mass is 16.5. The molecule has 0 saturated carbocycles. The zero-order valence-corrected chi connectivity index (χ0v) is 16.8. The van der Waals surface area contributed by atoms with Crippen LogP contribution in [0.3, 0.4) is 0 Å². The van der Waals surface area contributed by atoms with Gasteiger partial charge in [0.2, 0.25) is 5.91 Å². The first-order chi connectivity index (χ1) is 13.4. The first kappa shape index (κ1) is 18.5. The molecule has 1 aliphatic rings. The Balaban J connectivity index is 2.05. The molecule has 0 radical (unpaired) electrons. The number of carbonyl (C=O) groups is 2. The molecule has 0 aliphatic carbocycles. The SMILES string of the molecule is COC(=O)[C@H]1CC[C@@](C)(c2ccc(C)cc2)c2c(C)c3ccccc3n2C1=O. The lowest BCUT2D eigenvalue weighted by Crippen LogP contribution is -2.30. The van der Waals surface area contributed by atoms with Crippen LogP contribution in [-0.4, -0.2) is 23.6 Å². The van der Waals surface area contributed by atoms with Gasteiger partial charge in [0.25, 0.3) is 0 Å². The van der Waals surface area contributed by atoms with Gasteiger partial charge >= 0.3 is 5.97 Å². The molecule has 0 bridgehead atoms. The van der Waals surface area contributed by atoms with Crippen molar-refractivity contribution in [3.8, 4) is 0 Å². The van der Waals surface area contributed by atoms with E-state index in [2.05, 4.69) is 45.0 Å². The number of fused-ring (bicyclic) bond motifs is 3. The number of para-hydroxylation sites is 1. The van der Waals surface area contributed by atoms with E-state index in [4.69, 9.17) is 4.74 Å². The minimum absolute atomic E-state index is 0.193. The van der Waals surface area contributed by atoms with Gasteiger partial charge in [0.15, 0.2) is 0 Å². The van der Waals surface area contributed by atoms with Crippen molar-refractivity contribution in [2.75, 3.05) is 7.11 Å². The number of rotatable bonds is 2. The molecule has 2 atom stereocenters. The molecular formula is C24H25NO3. The molecule has 0 spiro atoms. The summed E-state index contributed by atoms with van der Waals surface area (Å²) in [6.45, 7) is 6.33. The maximum Gasteiger partial charge on any atom is 0.318 e. The van der Waals surface area contributed by atoms with Gasteiger partial charge in [-0.15, -0.1) is 0 Å². The third kappa shape index (κ3) is 2.59. The summed E-state index contributed by atoms with van der Waals surface area (Å²) in [7, 11) is 1.35. The van der Waals surface area contributed by atoms with Gasteiger partial charge in [0.1, 0.15) is 5.92 Å². The summed E-state index contributed by atoms with van der Waals surface area (Å²) in [5.74, 6) is -1.44. The van der Waals surface area contributed by atoms with E-state index in [0.717, 1.165) is 27.7 Å². The number of hydrogen-bond donors (Lipinski definition) is 0. The van der Waals surface area contributed by atoms with Crippen LogP contribution in [0.2, 0.25) is 0 Å². The Morgan fingerprint density at radius 1 is 1.11 bits per heavy atom. The second kappa shape index (κ2) is 6.62. The van der Waals surface area contributed by atoms with Crippen LogP contribution in [0, 0.1) is 19.8 Å². The molecule has 3 aromatic rings. The van der Waals surface area contributed by atoms with Crippen LogP contribution in [0.15, 0.2) is 48.5 Å². The Kier molecular flexibility index (Phi) is 4.37. The van der Waals surface area contributed by atoms with Gasteiger partial charge in [-0.05, 0) is 50.8 Å². The van der Waals surface area contributed by atoms with E-state index in [-0.39, 0.29) is 11.3 Å². The smallest absolute Gasteiger partial charge is 0.318 e. The van der Waals surface area contributed by atoms with Crippen LogP contribution in [0.4, 0.5) is 0 Å². The summed E-state index contributed by atoms with van der Waals surface area (Å²) >= 11 is 0. The topological polar surface area (TPSA) is 48.3 Å². The summed E-state index contributed by atoms with van der Waals surface area (Å²) in [6, 6.07) is 16.4. The predicted octanol–water partition coefficient (Wildman–Crippen LogP) is 4.79. The number of ether oxygens (including phenoxy) is 1. The van der Waals surface area contributed by atoms with Gasteiger partial charge in [-0.2, -0.15) is 0 Å². The van der Waals surface area contributed by atoms with Crippen molar-refractivity contribution in [2.24, 2.45) is 5.92 Å². The van der Waals surface area contributed by atoms with E-state index in [1.54, 1.807) is 4.57 Å².